The van der Waals surface area contributed by atoms with Gasteiger partial charge in [0, 0.05) is 10.4 Å². The van der Waals surface area contributed by atoms with Crippen molar-refractivity contribution in [3.8, 4) is 5.75 Å². The molecule has 2 N–H and O–H groups in total. The Labute approximate surface area is 155 Å². The first kappa shape index (κ1) is 19.5. The number of thiophene rings is 1. The highest BCUT2D eigenvalue weighted by molar-refractivity contribution is 7.10. The number of carbonyl (C=O) groups excluding carboxylic acids is 3. The molecule has 0 saturated heterocycles. The summed E-state index contributed by atoms with van der Waals surface area (Å²) < 4.78 is 9.87. The maximum absolute atomic E-state index is 11.9. The van der Waals surface area contributed by atoms with Crippen molar-refractivity contribution in [2.45, 2.75) is 13.0 Å². The molecule has 0 bridgehead atoms. The second-order valence-corrected chi connectivity index (χ2v) is 6.36. The van der Waals surface area contributed by atoms with Crippen LogP contribution in [0.25, 0.3) is 0 Å². The van der Waals surface area contributed by atoms with Crippen molar-refractivity contribution in [1.29, 1.82) is 0 Å². The minimum absolute atomic E-state index is 0.157. The molecule has 0 fully saturated rings. The molecule has 8 heteroatoms. The van der Waals surface area contributed by atoms with E-state index >= 15 is 0 Å². The number of benzene rings is 1. The Balaban J connectivity index is 1.69. The number of amides is 2. The predicted molar refractivity (Wildman–Crippen MR) is 97.2 cm³/mol. The molecule has 0 spiro atoms. The van der Waals surface area contributed by atoms with Gasteiger partial charge < -0.3 is 20.1 Å². The lowest BCUT2D eigenvalue weighted by Gasteiger charge is -2.12. The zero-order valence-electron chi connectivity index (χ0n) is 14.5. The Morgan fingerprint density at radius 1 is 1.15 bits per heavy atom. The van der Waals surface area contributed by atoms with Crippen LogP contribution in [0.3, 0.4) is 0 Å². The molecule has 26 heavy (non-hydrogen) atoms. The van der Waals surface area contributed by atoms with Crippen molar-refractivity contribution in [2.75, 3.05) is 20.3 Å². The van der Waals surface area contributed by atoms with Gasteiger partial charge in [-0.2, -0.15) is 0 Å². The molecule has 2 amide bonds. The van der Waals surface area contributed by atoms with Crippen molar-refractivity contribution in [1.82, 2.24) is 10.6 Å². The molecular weight excluding hydrogens is 356 g/mol. The van der Waals surface area contributed by atoms with Gasteiger partial charge in [-0.05, 0) is 42.6 Å². The average Bonchev–Trinajstić information content (AvgIpc) is 3.19. The van der Waals surface area contributed by atoms with Crippen molar-refractivity contribution < 1.29 is 23.9 Å². The van der Waals surface area contributed by atoms with Crippen LogP contribution in [0.5, 0.6) is 5.75 Å². The molecule has 7 nitrogen and oxygen atoms in total. The van der Waals surface area contributed by atoms with Gasteiger partial charge >= 0.3 is 5.97 Å². The zero-order chi connectivity index (χ0) is 18.9. The zero-order valence-corrected chi connectivity index (χ0v) is 15.3. The van der Waals surface area contributed by atoms with E-state index in [4.69, 9.17) is 9.47 Å². The van der Waals surface area contributed by atoms with Gasteiger partial charge in [-0.3, -0.25) is 14.4 Å². The smallest absolute Gasteiger partial charge is 0.325 e. The number of carbonyl (C=O) groups is 3. The van der Waals surface area contributed by atoms with Crippen molar-refractivity contribution >= 4 is 29.1 Å². The van der Waals surface area contributed by atoms with E-state index in [1.54, 1.807) is 24.3 Å². The summed E-state index contributed by atoms with van der Waals surface area (Å²) in [6.45, 7) is 1.13. The third kappa shape index (κ3) is 5.89. The fraction of sp³-hybridized carbons (Fsp3) is 0.278. The molecule has 0 saturated carbocycles. The molecule has 0 aliphatic heterocycles. The Kier molecular flexibility index (Phi) is 7.16. The van der Waals surface area contributed by atoms with E-state index in [0.717, 1.165) is 4.88 Å². The third-order valence-electron chi connectivity index (χ3n) is 3.46. The molecule has 2 aromatic rings. The Morgan fingerprint density at radius 2 is 1.88 bits per heavy atom. The van der Waals surface area contributed by atoms with Crippen LogP contribution in [0.2, 0.25) is 0 Å². The number of esters is 1. The first-order chi connectivity index (χ1) is 12.5. The number of hydrogen-bond donors (Lipinski definition) is 2. The number of rotatable bonds is 8. The summed E-state index contributed by atoms with van der Waals surface area (Å²) in [5.41, 5.74) is 0.390. The topological polar surface area (TPSA) is 93.7 Å². The first-order valence-electron chi connectivity index (χ1n) is 7.90. The molecule has 2 rings (SSSR count). The standard InChI is InChI=1S/C18H20N2O5S/c1-12(15-4-3-9-26-15)20-16(21)11-25-17(22)10-19-18(23)13-5-7-14(24-2)8-6-13/h3-9,12H,10-11H2,1-2H3,(H,19,23)(H,20,21)/t12-/m0/s1. The summed E-state index contributed by atoms with van der Waals surface area (Å²) in [7, 11) is 1.53. The van der Waals surface area contributed by atoms with Crippen LogP contribution >= 0.6 is 11.3 Å². The lowest BCUT2D eigenvalue weighted by atomic mass is 10.2. The lowest BCUT2D eigenvalue weighted by Crippen LogP contribution is -2.34. The number of ether oxygens (including phenoxy) is 2. The summed E-state index contributed by atoms with van der Waals surface area (Å²) >= 11 is 1.53. The first-order valence-corrected chi connectivity index (χ1v) is 8.78. The minimum Gasteiger partial charge on any atom is -0.497 e. The fourth-order valence-corrected chi connectivity index (χ4v) is 2.82. The molecule has 0 radical (unpaired) electrons. The maximum atomic E-state index is 11.9. The highest BCUT2D eigenvalue weighted by Gasteiger charge is 2.13. The fourth-order valence-electron chi connectivity index (χ4n) is 2.09. The lowest BCUT2D eigenvalue weighted by molar-refractivity contribution is -0.147. The summed E-state index contributed by atoms with van der Waals surface area (Å²) in [4.78, 5) is 36.4. The summed E-state index contributed by atoms with van der Waals surface area (Å²) in [6, 6.07) is 10.1. The second kappa shape index (κ2) is 9.57. The molecule has 1 atom stereocenters. The molecule has 1 aromatic carbocycles. The van der Waals surface area contributed by atoms with Gasteiger partial charge in [0.2, 0.25) is 0 Å². The van der Waals surface area contributed by atoms with E-state index < -0.39 is 24.4 Å². The Morgan fingerprint density at radius 3 is 2.50 bits per heavy atom. The molecule has 1 heterocycles. The number of nitrogens with one attached hydrogen (secondary N) is 2. The van der Waals surface area contributed by atoms with Gasteiger partial charge in [0.1, 0.15) is 12.3 Å². The Hall–Kier alpha value is -2.87. The van der Waals surface area contributed by atoms with Crippen LogP contribution in [0.1, 0.15) is 28.2 Å². The van der Waals surface area contributed by atoms with E-state index in [9.17, 15) is 14.4 Å². The van der Waals surface area contributed by atoms with Gasteiger partial charge in [-0.1, -0.05) is 6.07 Å². The number of hydrogen-bond acceptors (Lipinski definition) is 6. The van der Waals surface area contributed by atoms with Crippen LogP contribution in [0, 0.1) is 0 Å². The van der Waals surface area contributed by atoms with Crippen molar-refractivity contribution in [3.05, 3.63) is 52.2 Å². The van der Waals surface area contributed by atoms with Gasteiger partial charge in [-0.15, -0.1) is 11.3 Å². The van der Waals surface area contributed by atoms with E-state index in [1.165, 1.54) is 18.4 Å². The molecule has 138 valence electrons. The molecule has 0 aliphatic carbocycles. The predicted octanol–water partition coefficient (Wildman–Crippen LogP) is 1.91. The number of methoxy groups -OCH3 is 1. The third-order valence-corrected chi connectivity index (χ3v) is 4.51. The normalized spacial score (nSPS) is 11.3. The van der Waals surface area contributed by atoms with Gasteiger partial charge in [0.05, 0.1) is 13.2 Å². The van der Waals surface area contributed by atoms with Gasteiger partial charge in [0.15, 0.2) is 6.61 Å². The van der Waals surface area contributed by atoms with Crippen LogP contribution in [-0.4, -0.2) is 38.0 Å². The van der Waals surface area contributed by atoms with Crippen LogP contribution in [0.4, 0.5) is 0 Å². The Bertz CT molecular complexity index is 743. The average molecular weight is 376 g/mol. The molecular formula is C18H20N2O5S. The summed E-state index contributed by atoms with van der Waals surface area (Å²) in [5.74, 6) is -0.879. The SMILES string of the molecule is COc1ccc(C(=O)NCC(=O)OCC(=O)N[C@@H](C)c2cccs2)cc1. The molecule has 1 aromatic heterocycles. The van der Waals surface area contributed by atoms with E-state index in [-0.39, 0.29) is 12.6 Å². The van der Waals surface area contributed by atoms with Crippen LogP contribution in [0.15, 0.2) is 41.8 Å². The minimum atomic E-state index is -0.689. The van der Waals surface area contributed by atoms with E-state index in [2.05, 4.69) is 10.6 Å². The van der Waals surface area contributed by atoms with E-state index in [0.29, 0.717) is 11.3 Å². The van der Waals surface area contributed by atoms with Gasteiger partial charge in [0.25, 0.3) is 11.8 Å². The van der Waals surface area contributed by atoms with Gasteiger partial charge in [-0.25, -0.2) is 0 Å². The largest absolute Gasteiger partial charge is 0.497 e. The van der Waals surface area contributed by atoms with E-state index in [1.807, 2.05) is 24.4 Å². The van der Waals surface area contributed by atoms with Crippen molar-refractivity contribution in [3.63, 3.8) is 0 Å². The van der Waals surface area contributed by atoms with Crippen LogP contribution < -0.4 is 15.4 Å². The van der Waals surface area contributed by atoms with Crippen LogP contribution in [-0.2, 0) is 14.3 Å². The molecule has 0 unspecified atom stereocenters. The monoisotopic (exact) mass is 376 g/mol. The quantitative estimate of drug-likeness (QED) is 0.687. The highest BCUT2D eigenvalue weighted by Crippen LogP contribution is 2.17. The molecule has 0 aliphatic rings. The highest BCUT2D eigenvalue weighted by atomic mass is 32.1. The summed E-state index contributed by atoms with van der Waals surface area (Å²) in [6.07, 6.45) is 0. The summed E-state index contributed by atoms with van der Waals surface area (Å²) in [5, 5.41) is 7.09. The maximum Gasteiger partial charge on any atom is 0.325 e. The van der Waals surface area contributed by atoms with Crippen molar-refractivity contribution in [2.24, 2.45) is 0 Å². The second-order valence-electron chi connectivity index (χ2n) is 5.38.